The molecule has 1 nitrogen and oxygen atoms in total. The van der Waals surface area contributed by atoms with Crippen LogP contribution in [0.3, 0.4) is 0 Å². The molecule has 0 atom stereocenters. The molecule has 0 aromatic carbocycles. The first-order valence-corrected chi connectivity index (χ1v) is 7.15. The Morgan fingerprint density at radius 1 is 1.12 bits per heavy atom. The summed E-state index contributed by atoms with van der Waals surface area (Å²) in [5.74, 6) is 0. The molecular formula is C14H22BrN. The molecule has 1 heterocycles. The predicted molar refractivity (Wildman–Crippen MR) is 73.8 cm³/mol. The Morgan fingerprint density at radius 2 is 1.81 bits per heavy atom. The Balaban J connectivity index is 2.24. The molecule has 1 rings (SSSR count). The number of rotatable bonds is 7. The number of hydrogen-bond donors (Lipinski definition) is 0. The van der Waals surface area contributed by atoms with E-state index in [1.54, 1.807) is 0 Å². The van der Waals surface area contributed by atoms with E-state index >= 15 is 0 Å². The van der Waals surface area contributed by atoms with E-state index < -0.39 is 0 Å². The van der Waals surface area contributed by atoms with E-state index in [1.165, 1.54) is 54.3 Å². The van der Waals surface area contributed by atoms with Crippen molar-refractivity contribution in [2.45, 2.75) is 58.8 Å². The van der Waals surface area contributed by atoms with Gasteiger partial charge in [0.15, 0.2) is 0 Å². The first kappa shape index (κ1) is 13.7. The Labute approximate surface area is 108 Å². The molecule has 1 aromatic heterocycles. The fourth-order valence-corrected chi connectivity index (χ4v) is 2.22. The second-order valence-electron chi connectivity index (χ2n) is 4.38. The maximum absolute atomic E-state index is 4.44. The van der Waals surface area contributed by atoms with Crippen LogP contribution < -0.4 is 0 Å². The van der Waals surface area contributed by atoms with Gasteiger partial charge in [0.25, 0.3) is 0 Å². The number of nitrogens with zero attached hydrogens (tertiary/aromatic N) is 1. The van der Waals surface area contributed by atoms with Crippen molar-refractivity contribution in [1.82, 2.24) is 4.98 Å². The van der Waals surface area contributed by atoms with Crippen LogP contribution in [-0.2, 0) is 6.42 Å². The van der Waals surface area contributed by atoms with Crippen molar-refractivity contribution >= 4 is 15.9 Å². The smallest absolute Gasteiger partial charge is 0.0443 e. The summed E-state index contributed by atoms with van der Waals surface area (Å²) in [6.07, 6.45) is 11.1. The fourth-order valence-electron chi connectivity index (χ4n) is 1.88. The van der Waals surface area contributed by atoms with Crippen molar-refractivity contribution < 1.29 is 0 Å². The van der Waals surface area contributed by atoms with Gasteiger partial charge in [-0.3, -0.25) is 4.98 Å². The van der Waals surface area contributed by atoms with Gasteiger partial charge in [0.2, 0.25) is 0 Å². The van der Waals surface area contributed by atoms with Crippen LogP contribution in [0.2, 0.25) is 0 Å². The lowest BCUT2D eigenvalue weighted by Gasteiger charge is -2.06. The zero-order valence-corrected chi connectivity index (χ0v) is 12.0. The minimum atomic E-state index is 1.12. The predicted octanol–water partition coefficient (Wildman–Crippen LogP) is 5.06. The topological polar surface area (TPSA) is 12.9 Å². The van der Waals surface area contributed by atoms with Crippen LogP contribution in [0.5, 0.6) is 0 Å². The molecule has 0 saturated heterocycles. The van der Waals surface area contributed by atoms with E-state index in [0.29, 0.717) is 0 Å². The summed E-state index contributed by atoms with van der Waals surface area (Å²) < 4.78 is 1.18. The van der Waals surface area contributed by atoms with Gasteiger partial charge in [-0.15, -0.1) is 0 Å². The highest BCUT2D eigenvalue weighted by Gasteiger charge is 2.02. The van der Waals surface area contributed by atoms with Crippen LogP contribution in [0.15, 0.2) is 16.7 Å². The Kier molecular flexibility index (Phi) is 6.70. The maximum Gasteiger partial charge on any atom is 0.0443 e. The highest BCUT2D eigenvalue weighted by Crippen LogP contribution is 2.19. The number of aromatic nitrogens is 1. The van der Waals surface area contributed by atoms with E-state index in [1.807, 2.05) is 12.3 Å². The van der Waals surface area contributed by atoms with Gasteiger partial charge in [0.05, 0.1) is 0 Å². The molecule has 0 aliphatic carbocycles. The molecule has 0 unspecified atom stereocenters. The van der Waals surface area contributed by atoms with Crippen LogP contribution in [0.1, 0.15) is 56.7 Å². The molecule has 2 heteroatoms. The van der Waals surface area contributed by atoms with Gasteiger partial charge in [0.1, 0.15) is 0 Å². The van der Waals surface area contributed by atoms with Crippen LogP contribution >= 0.6 is 15.9 Å². The summed E-state index contributed by atoms with van der Waals surface area (Å²) in [4.78, 5) is 4.44. The minimum Gasteiger partial charge on any atom is -0.261 e. The van der Waals surface area contributed by atoms with Crippen molar-refractivity contribution in [3.63, 3.8) is 0 Å². The van der Waals surface area contributed by atoms with E-state index in [-0.39, 0.29) is 0 Å². The van der Waals surface area contributed by atoms with Crippen LogP contribution in [0.25, 0.3) is 0 Å². The highest BCUT2D eigenvalue weighted by molar-refractivity contribution is 9.10. The van der Waals surface area contributed by atoms with Crippen molar-refractivity contribution in [1.29, 1.82) is 0 Å². The molecule has 1 aromatic rings. The van der Waals surface area contributed by atoms with Gasteiger partial charge in [-0.2, -0.15) is 0 Å². The SMILES string of the molecule is CCCCCCCCc1nccc(Br)c1C. The third-order valence-corrected chi connectivity index (χ3v) is 3.87. The Morgan fingerprint density at radius 3 is 2.56 bits per heavy atom. The average molecular weight is 284 g/mol. The summed E-state index contributed by atoms with van der Waals surface area (Å²) in [6.45, 7) is 4.40. The van der Waals surface area contributed by atoms with E-state index in [0.717, 1.165) is 6.42 Å². The standard InChI is InChI=1S/C14H22BrN/c1-3-4-5-6-7-8-9-14-12(2)13(15)10-11-16-14/h10-11H,3-9H2,1-2H3. The van der Waals surface area contributed by atoms with Gasteiger partial charge in [-0.25, -0.2) is 0 Å². The third-order valence-electron chi connectivity index (χ3n) is 3.01. The molecular weight excluding hydrogens is 262 g/mol. The first-order valence-electron chi connectivity index (χ1n) is 6.35. The zero-order chi connectivity index (χ0) is 11.8. The molecule has 0 spiro atoms. The number of aryl methyl sites for hydroxylation is 1. The fraction of sp³-hybridized carbons (Fsp3) is 0.643. The molecule has 0 N–H and O–H groups in total. The summed E-state index contributed by atoms with van der Waals surface area (Å²) in [7, 11) is 0. The van der Waals surface area contributed by atoms with E-state index in [4.69, 9.17) is 0 Å². The van der Waals surface area contributed by atoms with Crippen molar-refractivity contribution in [2.24, 2.45) is 0 Å². The normalized spacial score (nSPS) is 10.7. The van der Waals surface area contributed by atoms with E-state index in [2.05, 4.69) is 34.8 Å². The molecule has 0 bridgehead atoms. The monoisotopic (exact) mass is 283 g/mol. The molecule has 0 amide bonds. The summed E-state index contributed by atoms with van der Waals surface area (Å²) in [6, 6.07) is 2.01. The zero-order valence-electron chi connectivity index (χ0n) is 10.4. The molecule has 0 radical (unpaired) electrons. The Bertz CT molecular complexity index is 310. The summed E-state index contributed by atoms with van der Waals surface area (Å²) in [5, 5.41) is 0. The third kappa shape index (κ3) is 4.65. The maximum atomic E-state index is 4.44. The van der Waals surface area contributed by atoms with Gasteiger partial charge in [-0.05, 0) is 31.4 Å². The first-order chi connectivity index (χ1) is 7.75. The second-order valence-corrected chi connectivity index (χ2v) is 5.24. The molecule has 0 fully saturated rings. The molecule has 90 valence electrons. The van der Waals surface area contributed by atoms with Crippen LogP contribution in [-0.4, -0.2) is 4.98 Å². The highest BCUT2D eigenvalue weighted by atomic mass is 79.9. The number of hydrogen-bond acceptors (Lipinski definition) is 1. The van der Waals surface area contributed by atoms with Gasteiger partial charge < -0.3 is 0 Å². The van der Waals surface area contributed by atoms with Crippen LogP contribution in [0.4, 0.5) is 0 Å². The summed E-state index contributed by atoms with van der Waals surface area (Å²) >= 11 is 3.55. The Hall–Kier alpha value is -0.370. The number of halogens is 1. The average Bonchev–Trinajstić information content (AvgIpc) is 2.29. The van der Waals surface area contributed by atoms with Crippen molar-refractivity contribution in [3.8, 4) is 0 Å². The lowest BCUT2D eigenvalue weighted by Crippen LogP contribution is -1.95. The number of unbranched alkanes of at least 4 members (excludes halogenated alkanes) is 5. The quantitative estimate of drug-likeness (QED) is 0.638. The summed E-state index contributed by atoms with van der Waals surface area (Å²) in [5.41, 5.74) is 2.56. The van der Waals surface area contributed by atoms with Gasteiger partial charge in [-0.1, -0.05) is 55.0 Å². The number of pyridine rings is 1. The second kappa shape index (κ2) is 7.83. The molecule has 16 heavy (non-hydrogen) atoms. The molecule has 0 aliphatic heterocycles. The van der Waals surface area contributed by atoms with E-state index in [9.17, 15) is 0 Å². The van der Waals surface area contributed by atoms with Crippen molar-refractivity contribution in [2.75, 3.05) is 0 Å². The minimum absolute atomic E-state index is 1.12. The molecule has 0 aliphatic rings. The van der Waals surface area contributed by atoms with Crippen molar-refractivity contribution in [3.05, 3.63) is 28.0 Å². The lowest BCUT2D eigenvalue weighted by atomic mass is 10.1. The van der Waals surface area contributed by atoms with Gasteiger partial charge in [0, 0.05) is 16.4 Å². The van der Waals surface area contributed by atoms with Gasteiger partial charge >= 0.3 is 0 Å². The largest absolute Gasteiger partial charge is 0.261 e. The van der Waals surface area contributed by atoms with Crippen LogP contribution in [0, 0.1) is 6.92 Å². The lowest BCUT2D eigenvalue weighted by molar-refractivity contribution is 0.604. The molecule has 0 saturated carbocycles.